The van der Waals surface area contributed by atoms with Crippen molar-refractivity contribution in [1.82, 2.24) is 9.97 Å². The van der Waals surface area contributed by atoms with Gasteiger partial charge in [0, 0.05) is 12.2 Å². The monoisotopic (exact) mass is 230 g/mol. The quantitative estimate of drug-likeness (QED) is 0.728. The summed E-state index contributed by atoms with van der Waals surface area (Å²) in [5, 5.41) is 0.420. The number of hydrogen-bond acceptors (Lipinski definition) is 4. The Morgan fingerprint density at radius 3 is 2.87 bits per heavy atom. The smallest absolute Gasteiger partial charge is 0.221 e. The zero-order valence-electron chi connectivity index (χ0n) is 9.16. The van der Waals surface area contributed by atoms with E-state index in [-0.39, 0.29) is 6.10 Å². The standard InChI is InChI=1S/C10H15ClN2O2/c1-4-14-5-7(2)15-10-8(3)9(11)12-6-13-10/h6-7H,4-5H2,1-3H3. The first-order chi connectivity index (χ1) is 7.15. The van der Waals surface area contributed by atoms with Crippen molar-refractivity contribution in [3.05, 3.63) is 17.0 Å². The fourth-order valence-corrected chi connectivity index (χ4v) is 1.17. The maximum absolute atomic E-state index is 5.84. The molecule has 0 aromatic carbocycles. The van der Waals surface area contributed by atoms with Gasteiger partial charge in [-0.1, -0.05) is 11.6 Å². The topological polar surface area (TPSA) is 44.2 Å². The maximum atomic E-state index is 5.84. The highest BCUT2D eigenvalue weighted by molar-refractivity contribution is 6.30. The van der Waals surface area contributed by atoms with E-state index in [9.17, 15) is 0 Å². The van der Waals surface area contributed by atoms with Crippen LogP contribution in [-0.4, -0.2) is 29.3 Å². The van der Waals surface area contributed by atoms with Crippen molar-refractivity contribution >= 4 is 11.6 Å². The summed E-state index contributed by atoms with van der Waals surface area (Å²) >= 11 is 5.84. The SMILES string of the molecule is CCOCC(C)Oc1ncnc(Cl)c1C. The van der Waals surface area contributed by atoms with Gasteiger partial charge >= 0.3 is 0 Å². The van der Waals surface area contributed by atoms with Gasteiger partial charge in [-0.15, -0.1) is 0 Å². The minimum absolute atomic E-state index is 0.0467. The molecule has 15 heavy (non-hydrogen) atoms. The van der Waals surface area contributed by atoms with E-state index in [0.29, 0.717) is 24.2 Å². The van der Waals surface area contributed by atoms with Crippen LogP contribution in [0, 0.1) is 6.92 Å². The first-order valence-corrected chi connectivity index (χ1v) is 5.24. The zero-order chi connectivity index (χ0) is 11.3. The zero-order valence-corrected chi connectivity index (χ0v) is 9.91. The van der Waals surface area contributed by atoms with E-state index < -0.39 is 0 Å². The third-order valence-corrected chi connectivity index (χ3v) is 2.23. The van der Waals surface area contributed by atoms with Crippen LogP contribution in [0.25, 0.3) is 0 Å². The van der Waals surface area contributed by atoms with Gasteiger partial charge in [0.05, 0.1) is 6.61 Å². The van der Waals surface area contributed by atoms with E-state index in [1.54, 1.807) is 0 Å². The number of ether oxygens (including phenoxy) is 2. The van der Waals surface area contributed by atoms with E-state index in [4.69, 9.17) is 21.1 Å². The molecule has 1 atom stereocenters. The fourth-order valence-electron chi connectivity index (χ4n) is 1.04. The molecule has 0 N–H and O–H groups in total. The third kappa shape index (κ3) is 3.64. The summed E-state index contributed by atoms with van der Waals surface area (Å²) in [4.78, 5) is 7.87. The highest BCUT2D eigenvalue weighted by atomic mass is 35.5. The summed E-state index contributed by atoms with van der Waals surface area (Å²) in [7, 11) is 0. The minimum Gasteiger partial charge on any atom is -0.472 e. The van der Waals surface area contributed by atoms with Crippen LogP contribution >= 0.6 is 11.6 Å². The van der Waals surface area contributed by atoms with E-state index >= 15 is 0 Å². The van der Waals surface area contributed by atoms with Gasteiger partial charge in [0.25, 0.3) is 0 Å². The van der Waals surface area contributed by atoms with Gasteiger partial charge in [0.15, 0.2) is 0 Å². The molecule has 0 aliphatic carbocycles. The number of halogens is 1. The summed E-state index contributed by atoms with van der Waals surface area (Å²) in [5.41, 5.74) is 0.752. The molecule has 4 nitrogen and oxygen atoms in total. The van der Waals surface area contributed by atoms with Gasteiger partial charge in [-0.2, -0.15) is 0 Å². The lowest BCUT2D eigenvalue weighted by Crippen LogP contribution is -2.20. The van der Waals surface area contributed by atoms with Crippen molar-refractivity contribution in [3.63, 3.8) is 0 Å². The molecule has 1 aromatic rings. The third-order valence-electron chi connectivity index (χ3n) is 1.85. The van der Waals surface area contributed by atoms with Gasteiger partial charge in [0.1, 0.15) is 17.6 Å². The molecule has 1 unspecified atom stereocenters. The molecule has 0 saturated carbocycles. The summed E-state index contributed by atoms with van der Waals surface area (Å²) < 4.78 is 10.8. The average Bonchev–Trinajstić information content (AvgIpc) is 2.22. The van der Waals surface area contributed by atoms with E-state index in [2.05, 4.69) is 9.97 Å². The highest BCUT2D eigenvalue weighted by Crippen LogP contribution is 2.20. The Labute approximate surface area is 94.6 Å². The molecule has 5 heteroatoms. The molecule has 0 amide bonds. The predicted molar refractivity (Wildman–Crippen MR) is 58.4 cm³/mol. The molecule has 0 bridgehead atoms. The molecule has 1 heterocycles. The lowest BCUT2D eigenvalue weighted by molar-refractivity contribution is 0.0629. The van der Waals surface area contributed by atoms with Crippen molar-refractivity contribution in [3.8, 4) is 5.88 Å². The molecule has 0 fully saturated rings. The van der Waals surface area contributed by atoms with Gasteiger partial charge in [0.2, 0.25) is 5.88 Å². The van der Waals surface area contributed by atoms with E-state index in [1.165, 1.54) is 6.33 Å². The Hall–Kier alpha value is -0.870. The van der Waals surface area contributed by atoms with Crippen molar-refractivity contribution < 1.29 is 9.47 Å². The Balaban J connectivity index is 2.60. The van der Waals surface area contributed by atoms with Crippen LogP contribution in [0.1, 0.15) is 19.4 Å². The lowest BCUT2D eigenvalue weighted by Gasteiger charge is -2.14. The first-order valence-electron chi connectivity index (χ1n) is 4.86. The summed E-state index contributed by atoms with van der Waals surface area (Å²) in [6.45, 7) is 6.91. The number of hydrogen-bond donors (Lipinski definition) is 0. The maximum Gasteiger partial charge on any atom is 0.221 e. The van der Waals surface area contributed by atoms with Gasteiger partial charge in [-0.3, -0.25) is 0 Å². The van der Waals surface area contributed by atoms with Crippen molar-refractivity contribution in [2.75, 3.05) is 13.2 Å². The highest BCUT2D eigenvalue weighted by Gasteiger charge is 2.10. The molecule has 0 spiro atoms. The second-order valence-electron chi connectivity index (χ2n) is 3.18. The minimum atomic E-state index is -0.0467. The van der Waals surface area contributed by atoms with E-state index in [0.717, 1.165) is 5.56 Å². The normalized spacial score (nSPS) is 12.5. The number of aromatic nitrogens is 2. The second-order valence-corrected chi connectivity index (χ2v) is 3.54. The number of nitrogens with zero attached hydrogens (tertiary/aromatic N) is 2. The molecule has 0 aliphatic rings. The summed E-state index contributed by atoms with van der Waals surface area (Å²) in [5.74, 6) is 0.516. The summed E-state index contributed by atoms with van der Waals surface area (Å²) in [6.07, 6.45) is 1.34. The van der Waals surface area contributed by atoms with Crippen molar-refractivity contribution in [2.24, 2.45) is 0 Å². The largest absolute Gasteiger partial charge is 0.472 e. The average molecular weight is 231 g/mol. The Morgan fingerprint density at radius 2 is 2.20 bits per heavy atom. The summed E-state index contributed by atoms with van der Waals surface area (Å²) in [6, 6.07) is 0. The van der Waals surface area contributed by atoms with Crippen LogP contribution in [0.2, 0.25) is 5.15 Å². The first kappa shape index (κ1) is 12.2. The van der Waals surface area contributed by atoms with Crippen LogP contribution in [-0.2, 0) is 4.74 Å². The van der Waals surface area contributed by atoms with Crippen LogP contribution in [0.4, 0.5) is 0 Å². The second kappa shape index (κ2) is 5.88. The number of rotatable bonds is 5. The fraction of sp³-hybridized carbons (Fsp3) is 0.600. The van der Waals surface area contributed by atoms with Crippen LogP contribution in [0.5, 0.6) is 5.88 Å². The molecule has 0 aliphatic heterocycles. The Bertz CT molecular complexity index is 320. The van der Waals surface area contributed by atoms with Crippen LogP contribution in [0.15, 0.2) is 6.33 Å². The molecule has 0 radical (unpaired) electrons. The lowest BCUT2D eigenvalue weighted by atomic mass is 10.3. The van der Waals surface area contributed by atoms with E-state index in [1.807, 2.05) is 20.8 Å². The van der Waals surface area contributed by atoms with Gasteiger partial charge in [-0.25, -0.2) is 9.97 Å². The molecule has 1 aromatic heterocycles. The molecule has 84 valence electrons. The molecular weight excluding hydrogens is 216 g/mol. The molecule has 1 rings (SSSR count). The molecular formula is C10H15ClN2O2. The van der Waals surface area contributed by atoms with Gasteiger partial charge in [-0.05, 0) is 20.8 Å². The van der Waals surface area contributed by atoms with Crippen molar-refractivity contribution in [2.45, 2.75) is 26.9 Å². The van der Waals surface area contributed by atoms with Crippen LogP contribution in [0.3, 0.4) is 0 Å². The Morgan fingerprint density at radius 1 is 1.47 bits per heavy atom. The predicted octanol–water partition coefficient (Wildman–Crippen LogP) is 2.24. The van der Waals surface area contributed by atoms with Gasteiger partial charge < -0.3 is 9.47 Å². The Kier molecular flexibility index (Phi) is 4.78. The molecule has 0 saturated heterocycles. The van der Waals surface area contributed by atoms with Crippen LogP contribution < -0.4 is 4.74 Å². The van der Waals surface area contributed by atoms with Crippen molar-refractivity contribution in [1.29, 1.82) is 0 Å².